The number of anilines is 1. The van der Waals surface area contributed by atoms with E-state index in [0.29, 0.717) is 18.2 Å². The zero-order valence-electron chi connectivity index (χ0n) is 21.8. The van der Waals surface area contributed by atoms with Crippen LogP contribution in [0.1, 0.15) is 63.9 Å². The van der Waals surface area contributed by atoms with Crippen LogP contribution in [0.25, 0.3) is 0 Å². The van der Waals surface area contributed by atoms with Gasteiger partial charge in [0.05, 0.1) is 31.9 Å². The van der Waals surface area contributed by atoms with Gasteiger partial charge >= 0.3 is 0 Å². The van der Waals surface area contributed by atoms with Gasteiger partial charge in [-0.15, -0.1) is 0 Å². The van der Waals surface area contributed by atoms with Crippen LogP contribution in [0.4, 0.5) is 5.69 Å². The van der Waals surface area contributed by atoms with Crippen LogP contribution in [0, 0.1) is 5.92 Å². The lowest BCUT2D eigenvalue weighted by Crippen LogP contribution is -2.46. The molecular formula is C30H40N2O4. The molecular weight excluding hydrogens is 452 g/mol. The minimum absolute atomic E-state index is 0.0927. The van der Waals surface area contributed by atoms with Crippen LogP contribution in [-0.2, 0) is 16.0 Å². The van der Waals surface area contributed by atoms with Crippen LogP contribution >= 0.6 is 0 Å². The molecule has 36 heavy (non-hydrogen) atoms. The molecule has 2 amide bonds. The van der Waals surface area contributed by atoms with Crippen molar-refractivity contribution in [3.63, 3.8) is 0 Å². The molecule has 0 radical (unpaired) electrons. The number of hydrogen-bond donors (Lipinski definition) is 0. The Balaban J connectivity index is 1.24. The minimum Gasteiger partial charge on any atom is -0.497 e. The molecule has 0 bridgehead atoms. The number of hydrogen-bond acceptors (Lipinski definition) is 5. The summed E-state index contributed by atoms with van der Waals surface area (Å²) >= 11 is 0. The molecule has 2 aliphatic rings. The van der Waals surface area contributed by atoms with Crippen LogP contribution in [0.2, 0.25) is 0 Å². The first-order chi connectivity index (χ1) is 17.6. The number of aryl methyl sites for hydroxylation is 1. The second kappa shape index (κ2) is 12.9. The highest BCUT2D eigenvalue weighted by molar-refractivity contribution is 6.22. The molecule has 0 saturated carbocycles. The van der Waals surface area contributed by atoms with Crippen molar-refractivity contribution in [2.24, 2.45) is 5.92 Å². The maximum Gasteiger partial charge on any atom is 0.251 e. The molecule has 6 nitrogen and oxygen atoms in total. The Morgan fingerprint density at radius 3 is 2.25 bits per heavy atom. The highest BCUT2D eigenvalue weighted by Gasteiger charge is 2.43. The fraction of sp³-hybridized carbons (Fsp3) is 0.533. The normalized spacial score (nSPS) is 19.2. The number of carbonyl (C=O) groups excluding carboxylic acids is 2. The lowest BCUT2D eigenvalue weighted by atomic mass is 9.90. The van der Waals surface area contributed by atoms with Crippen LogP contribution < -0.4 is 14.4 Å². The third kappa shape index (κ3) is 6.67. The number of nitrogens with zero attached hydrogens (tertiary/aromatic N) is 2. The van der Waals surface area contributed by atoms with Gasteiger partial charge in [0.15, 0.2) is 0 Å². The van der Waals surface area contributed by atoms with Gasteiger partial charge in [0.1, 0.15) is 11.5 Å². The summed E-state index contributed by atoms with van der Waals surface area (Å²) in [5, 5.41) is 0. The molecule has 0 N–H and O–H groups in total. The molecule has 0 aliphatic carbocycles. The maximum atomic E-state index is 13.2. The maximum absolute atomic E-state index is 13.2. The van der Waals surface area contributed by atoms with Crippen molar-refractivity contribution >= 4 is 17.5 Å². The topological polar surface area (TPSA) is 59.1 Å². The Morgan fingerprint density at radius 2 is 1.58 bits per heavy atom. The average Bonchev–Trinajstić information content (AvgIpc) is 3.22. The van der Waals surface area contributed by atoms with E-state index in [1.54, 1.807) is 7.11 Å². The largest absolute Gasteiger partial charge is 0.497 e. The Morgan fingerprint density at radius 1 is 0.889 bits per heavy atom. The minimum atomic E-state index is -0.338. The van der Waals surface area contributed by atoms with Crippen molar-refractivity contribution < 1.29 is 19.1 Å². The summed E-state index contributed by atoms with van der Waals surface area (Å²) in [5.41, 5.74) is 1.97. The van der Waals surface area contributed by atoms with E-state index in [0.717, 1.165) is 56.7 Å². The van der Waals surface area contributed by atoms with Crippen molar-refractivity contribution in [3.8, 4) is 11.5 Å². The number of methoxy groups -OCH3 is 1. The number of imide groups is 1. The predicted molar refractivity (Wildman–Crippen MR) is 143 cm³/mol. The summed E-state index contributed by atoms with van der Waals surface area (Å²) in [4.78, 5) is 29.6. The lowest BCUT2D eigenvalue weighted by Gasteiger charge is -2.34. The number of rotatable bonds is 12. The molecule has 0 spiro atoms. The Kier molecular flexibility index (Phi) is 9.40. The van der Waals surface area contributed by atoms with Gasteiger partial charge in [-0.1, -0.05) is 38.3 Å². The summed E-state index contributed by atoms with van der Waals surface area (Å²) in [7, 11) is 1.69. The van der Waals surface area contributed by atoms with Crippen LogP contribution in [0.3, 0.4) is 0 Å². The van der Waals surface area contributed by atoms with E-state index in [9.17, 15) is 9.59 Å². The second-order valence-corrected chi connectivity index (χ2v) is 10.1. The van der Waals surface area contributed by atoms with Gasteiger partial charge in [0.2, 0.25) is 5.91 Å². The first-order valence-electron chi connectivity index (χ1n) is 13.6. The number of carbonyl (C=O) groups is 2. The van der Waals surface area contributed by atoms with Crippen LogP contribution in [-0.4, -0.2) is 49.6 Å². The van der Waals surface area contributed by atoms with E-state index >= 15 is 0 Å². The van der Waals surface area contributed by atoms with E-state index in [2.05, 4.69) is 24.0 Å². The molecule has 2 aromatic carbocycles. The van der Waals surface area contributed by atoms with E-state index < -0.39 is 0 Å². The van der Waals surface area contributed by atoms with Crippen LogP contribution in [0.15, 0.2) is 48.5 Å². The molecule has 2 aliphatic heterocycles. The van der Waals surface area contributed by atoms with Crippen molar-refractivity contribution in [1.82, 2.24) is 4.90 Å². The molecule has 4 rings (SSSR count). The number of unbranched alkanes of at least 4 members (excludes halogenated alkanes) is 3. The van der Waals surface area contributed by atoms with Gasteiger partial charge in [-0.05, 0) is 93.1 Å². The standard InChI is InChI=1S/C30H40N2O4/c1-3-4-5-6-21-36-27-15-11-25(12-16-27)32-29(33)22-28(30(32)34)31-19-17-24(18-20-31)8-7-23-9-13-26(35-2)14-10-23/h9-16,24,28H,3-8,17-22H2,1-2H3/t28-/m0/s1. The fourth-order valence-corrected chi connectivity index (χ4v) is 5.30. The van der Waals surface area contributed by atoms with E-state index in [1.807, 2.05) is 36.4 Å². The van der Waals surface area contributed by atoms with Gasteiger partial charge in [0, 0.05) is 0 Å². The Labute approximate surface area is 215 Å². The molecule has 1 atom stereocenters. The Hall–Kier alpha value is -2.86. The summed E-state index contributed by atoms with van der Waals surface area (Å²) in [6.45, 7) is 4.63. The number of benzene rings is 2. The van der Waals surface area contributed by atoms with Crippen molar-refractivity contribution in [2.75, 3.05) is 31.7 Å². The van der Waals surface area contributed by atoms with Crippen molar-refractivity contribution in [3.05, 3.63) is 54.1 Å². The number of piperidine rings is 1. The zero-order valence-corrected chi connectivity index (χ0v) is 21.8. The summed E-state index contributed by atoms with van der Waals surface area (Å²) in [6.07, 6.45) is 9.26. The van der Waals surface area contributed by atoms with Gasteiger partial charge in [-0.25, -0.2) is 4.90 Å². The number of likely N-dealkylation sites (tertiary alicyclic amines) is 1. The smallest absolute Gasteiger partial charge is 0.251 e. The summed E-state index contributed by atoms with van der Waals surface area (Å²) in [6, 6.07) is 15.3. The second-order valence-electron chi connectivity index (χ2n) is 10.1. The molecule has 2 fully saturated rings. The van der Waals surface area contributed by atoms with Gasteiger partial charge in [0.25, 0.3) is 5.91 Å². The van der Waals surface area contributed by atoms with E-state index in [4.69, 9.17) is 9.47 Å². The number of ether oxygens (including phenoxy) is 2. The number of amides is 2. The molecule has 6 heteroatoms. The molecule has 2 heterocycles. The van der Waals surface area contributed by atoms with E-state index in [1.165, 1.54) is 29.7 Å². The molecule has 2 saturated heterocycles. The first kappa shape index (κ1) is 26.2. The summed E-state index contributed by atoms with van der Waals surface area (Å²) < 4.78 is 11.0. The molecule has 194 valence electrons. The fourth-order valence-electron chi connectivity index (χ4n) is 5.30. The van der Waals surface area contributed by atoms with E-state index in [-0.39, 0.29) is 24.3 Å². The monoisotopic (exact) mass is 492 g/mol. The quantitative estimate of drug-likeness (QED) is 0.284. The van der Waals surface area contributed by atoms with Gasteiger partial charge in [-0.2, -0.15) is 0 Å². The average molecular weight is 493 g/mol. The Bertz CT molecular complexity index is 981. The third-order valence-corrected chi connectivity index (χ3v) is 7.57. The third-order valence-electron chi connectivity index (χ3n) is 7.57. The predicted octanol–water partition coefficient (Wildman–Crippen LogP) is 5.63. The summed E-state index contributed by atoms with van der Waals surface area (Å²) in [5.74, 6) is 2.12. The molecule has 2 aromatic rings. The van der Waals surface area contributed by atoms with Crippen molar-refractivity contribution in [2.45, 2.75) is 70.8 Å². The van der Waals surface area contributed by atoms with Crippen molar-refractivity contribution in [1.29, 1.82) is 0 Å². The molecule has 0 aromatic heterocycles. The zero-order chi connectivity index (χ0) is 25.3. The lowest BCUT2D eigenvalue weighted by molar-refractivity contribution is -0.123. The van der Waals surface area contributed by atoms with Gasteiger partial charge in [-0.3, -0.25) is 14.5 Å². The van der Waals surface area contributed by atoms with Gasteiger partial charge < -0.3 is 9.47 Å². The SMILES string of the molecule is CCCCCCOc1ccc(N2C(=O)C[C@H](N3CCC(CCc4ccc(OC)cc4)CC3)C2=O)cc1. The van der Waals surface area contributed by atoms with Crippen LogP contribution in [0.5, 0.6) is 11.5 Å². The molecule has 0 unspecified atom stereocenters. The highest BCUT2D eigenvalue weighted by Crippen LogP contribution is 2.31. The highest BCUT2D eigenvalue weighted by atomic mass is 16.5. The first-order valence-corrected chi connectivity index (χ1v) is 13.6.